The first kappa shape index (κ1) is 26.2. The highest BCUT2D eigenvalue weighted by atomic mass is 32.2. The van der Waals surface area contributed by atoms with Gasteiger partial charge < -0.3 is 0 Å². The van der Waals surface area contributed by atoms with Crippen LogP contribution in [0.3, 0.4) is 0 Å². The summed E-state index contributed by atoms with van der Waals surface area (Å²) >= 11 is 0. The van der Waals surface area contributed by atoms with Gasteiger partial charge in [-0.15, -0.1) is 5.10 Å². The Morgan fingerprint density at radius 1 is 1.20 bits per heavy atom. The molecule has 4 aromatic rings. The van der Waals surface area contributed by atoms with Gasteiger partial charge in [-0.3, -0.25) is 18.7 Å². The number of benzene rings is 1. The Morgan fingerprint density at radius 2 is 1.98 bits per heavy atom. The van der Waals surface area contributed by atoms with E-state index < -0.39 is 20.8 Å². The molecule has 0 spiro atoms. The van der Waals surface area contributed by atoms with E-state index in [4.69, 9.17) is 0 Å². The highest BCUT2D eigenvalue weighted by molar-refractivity contribution is 8.00. The lowest BCUT2D eigenvalue weighted by molar-refractivity contribution is 0.0752. The minimum absolute atomic E-state index is 0.0381. The standard InChI is InChI=1S/C29H28F2N6O2S/c1-18(40(3,39)24-16-33-36(2)17-24)19-4-5-20-12-27-26(34-35-37(27)23-8-6-21(30)7-9-23)15-29(20,14-19)28(38)25-13-22(31)10-11-32-25/h6-13,16-19H,3-5,14-15H2,1-2H3/t18?,19-,29+,40?/m0/s1. The molecule has 3 aromatic heterocycles. The molecule has 0 aliphatic heterocycles. The van der Waals surface area contributed by atoms with Crippen LogP contribution < -0.4 is 0 Å². The topological polar surface area (TPSA) is 95.6 Å². The molecule has 40 heavy (non-hydrogen) atoms. The average Bonchev–Trinajstić information content (AvgIpc) is 3.57. The molecule has 6 rings (SSSR count). The number of carbonyl (C=O) groups is 1. The van der Waals surface area contributed by atoms with Gasteiger partial charge in [0.1, 0.15) is 17.3 Å². The lowest BCUT2D eigenvalue weighted by Gasteiger charge is -2.45. The molecule has 1 saturated carbocycles. The summed E-state index contributed by atoms with van der Waals surface area (Å²) in [5, 5.41) is 12.5. The number of aromatic nitrogens is 6. The first-order valence-corrected chi connectivity index (χ1v) is 14.8. The molecule has 2 unspecified atom stereocenters. The van der Waals surface area contributed by atoms with Crippen molar-refractivity contribution in [2.24, 2.45) is 18.4 Å². The van der Waals surface area contributed by atoms with E-state index in [-0.39, 0.29) is 34.9 Å². The van der Waals surface area contributed by atoms with E-state index in [0.717, 1.165) is 17.3 Å². The van der Waals surface area contributed by atoms with Crippen LogP contribution in [0.5, 0.6) is 0 Å². The van der Waals surface area contributed by atoms with Crippen molar-refractivity contribution in [1.82, 2.24) is 29.8 Å². The largest absolute Gasteiger partial charge is 0.291 e. The Morgan fingerprint density at radius 3 is 2.67 bits per heavy atom. The Balaban J connectivity index is 1.43. The van der Waals surface area contributed by atoms with Gasteiger partial charge >= 0.3 is 0 Å². The van der Waals surface area contributed by atoms with Gasteiger partial charge in [0.05, 0.1) is 33.6 Å². The van der Waals surface area contributed by atoms with Crippen molar-refractivity contribution in [2.45, 2.75) is 42.8 Å². The van der Waals surface area contributed by atoms with Gasteiger partial charge in [0.25, 0.3) is 0 Å². The third-order valence-electron chi connectivity index (χ3n) is 8.37. The monoisotopic (exact) mass is 562 g/mol. The summed E-state index contributed by atoms with van der Waals surface area (Å²) in [6, 6.07) is 8.31. The fourth-order valence-electron chi connectivity index (χ4n) is 6.07. The first-order chi connectivity index (χ1) is 19.1. The lowest BCUT2D eigenvalue weighted by atomic mass is 9.59. The fourth-order valence-corrected chi connectivity index (χ4v) is 7.91. The highest BCUT2D eigenvalue weighted by Crippen LogP contribution is 2.52. The SMILES string of the molecule is C=S(=O)(c1cnn(C)c1)C(C)[C@H]1CCC2=Cc3c(nnn3-c3ccc(F)cc3)C[C@]2(C(=O)c2cc(F)ccn2)C1. The van der Waals surface area contributed by atoms with E-state index in [1.807, 2.05) is 13.0 Å². The number of aryl methyl sites for hydroxylation is 1. The maximum absolute atomic E-state index is 14.3. The number of rotatable bonds is 6. The van der Waals surface area contributed by atoms with Crippen molar-refractivity contribution in [2.75, 3.05) is 0 Å². The number of nitrogens with zero attached hydrogens (tertiary/aromatic N) is 6. The number of pyridine rings is 1. The van der Waals surface area contributed by atoms with Crippen molar-refractivity contribution in [1.29, 1.82) is 0 Å². The van der Waals surface area contributed by atoms with Gasteiger partial charge in [-0.25, -0.2) is 13.5 Å². The zero-order valence-electron chi connectivity index (χ0n) is 22.1. The quantitative estimate of drug-likeness (QED) is 0.255. The molecule has 8 nitrogen and oxygen atoms in total. The minimum Gasteiger partial charge on any atom is -0.291 e. The molecular formula is C29H28F2N6O2S. The smallest absolute Gasteiger partial charge is 0.191 e. The van der Waals surface area contributed by atoms with E-state index in [2.05, 4.69) is 26.3 Å². The van der Waals surface area contributed by atoms with Gasteiger partial charge in [0.15, 0.2) is 5.78 Å². The van der Waals surface area contributed by atoms with Crippen LogP contribution in [-0.4, -0.2) is 50.9 Å². The van der Waals surface area contributed by atoms with E-state index in [1.54, 1.807) is 40.9 Å². The third kappa shape index (κ3) is 4.28. The molecule has 0 bridgehead atoms. The van der Waals surface area contributed by atoms with Gasteiger partial charge in [-0.2, -0.15) is 5.10 Å². The molecule has 0 radical (unpaired) electrons. The molecule has 0 amide bonds. The normalized spacial score (nSPS) is 22.5. The molecule has 2 aliphatic carbocycles. The number of hydrogen-bond donors (Lipinski definition) is 0. The van der Waals surface area contributed by atoms with Crippen LogP contribution in [0.4, 0.5) is 8.78 Å². The van der Waals surface area contributed by atoms with Crippen molar-refractivity contribution in [3.05, 3.63) is 89.3 Å². The van der Waals surface area contributed by atoms with Gasteiger partial charge in [0.2, 0.25) is 0 Å². The molecule has 1 fully saturated rings. The summed E-state index contributed by atoms with van der Waals surface area (Å²) in [7, 11) is -0.964. The van der Waals surface area contributed by atoms with Crippen molar-refractivity contribution in [3.63, 3.8) is 0 Å². The third-order valence-corrected chi connectivity index (χ3v) is 11.0. The van der Waals surface area contributed by atoms with Crippen LogP contribution in [0.1, 0.15) is 48.1 Å². The van der Waals surface area contributed by atoms with Crippen LogP contribution in [0.25, 0.3) is 11.8 Å². The highest BCUT2D eigenvalue weighted by Gasteiger charge is 2.51. The average molecular weight is 563 g/mol. The molecule has 4 atom stereocenters. The molecule has 1 aromatic carbocycles. The van der Waals surface area contributed by atoms with Gasteiger partial charge in [0, 0.05) is 46.7 Å². The predicted octanol–water partition coefficient (Wildman–Crippen LogP) is 4.45. The summed E-state index contributed by atoms with van der Waals surface area (Å²) in [6.07, 6.45) is 8.40. The number of hydrogen-bond acceptors (Lipinski definition) is 6. The number of Topliss-reactive ketones (excluding diaryl/α,β-unsaturated/α-hetero) is 1. The van der Waals surface area contributed by atoms with E-state index in [9.17, 15) is 17.8 Å². The molecule has 2 aliphatic rings. The van der Waals surface area contributed by atoms with Crippen molar-refractivity contribution < 1.29 is 17.8 Å². The molecular weight excluding hydrogens is 534 g/mol. The van der Waals surface area contributed by atoms with Gasteiger partial charge in [-0.1, -0.05) is 17.7 Å². The van der Waals surface area contributed by atoms with E-state index in [0.29, 0.717) is 35.5 Å². The number of allylic oxidation sites excluding steroid dienone is 1. The van der Waals surface area contributed by atoms with E-state index in [1.165, 1.54) is 24.4 Å². The summed E-state index contributed by atoms with van der Waals surface area (Å²) in [6.45, 7) is 1.92. The molecule has 0 N–H and O–H groups in total. The second-order valence-electron chi connectivity index (χ2n) is 10.7. The lowest BCUT2D eigenvalue weighted by Crippen LogP contribution is -2.45. The zero-order valence-corrected chi connectivity index (χ0v) is 22.9. The first-order valence-electron chi connectivity index (χ1n) is 13.0. The Bertz CT molecular complexity index is 1760. The number of carbonyl (C=O) groups excluding carboxylic acids is 1. The Labute approximate surface area is 230 Å². The second kappa shape index (κ2) is 9.58. The molecule has 206 valence electrons. The molecule has 0 saturated heterocycles. The Hall–Kier alpha value is -3.99. The molecule has 3 heterocycles. The summed E-state index contributed by atoms with van der Waals surface area (Å²) in [5.74, 6) is 2.79. The van der Waals surface area contributed by atoms with Crippen LogP contribution in [0.15, 0.2) is 65.5 Å². The number of fused-ring (bicyclic) bond motifs is 2. The maximum atomic E-state index is 14.3. The fraction of sp³-hybridized carbons (Fsp3) is 0.310. The summed E-state index contributed by atoms with van der Waals surface area (Å²) in [5.41, 5.74) is 1.83. The van der Waals surface area contributed by atoms with Crippen LogP contribution in [0, 0.1) is 23.0 Å². The van der Waals surface area contributed by atoms with Crippen molar-refractivity contribution in [3.8, 4) is 5.69 Å². The summed E-state index contributed by atoms with van der Waals surface area (Å²) in [4.78, 5) is 19.0. The Kier molecular flexibility index (Phi) is 6.29. The van der Waals surface area contributed by atoms with Crippen molar-refractivity contribution >= 4 is 27.3 Å². The van der Waals surface area contributed by atoms with Crippen LogP contribution in [0.2, 0.25) is 0 Å². The van der Waals surface area contributed by atoms with E-state index >= 15 is 0 Å². The number of ketones is 1. The number of halogens is 2. The van der Waals surface area contributed by atoms with Crippen LogP contribution >= 0.6 is 0 Å². The van der Waals surface area contributed by atoms with Gasteiger partial charge in [-0.05, 0) is 67.5 Å². The van der Waals surface area contributed by atoms with Crippen LogP contribution in [-0.2, 0) is 23.0 Å². The minimum atomic E-state index is -2.73. The zero-order chi connectivity index (χ0) is 28.2. The maximum Gasteiger partial charge on any atom is 0.191 e. The molecule has 11 heteroatoms. The predicted molar refractivity (Wildman–Crippen MR) is 147 cm³/mol. The summed E-state index contributed by atoms with van der Waals surface area (Å²) < 4.78 is 45.0. The second-order valence-corrected chi connectivity index (χ2v) is 13.4.